The van der Waals surface area contributed by atoms with Crippen LogP contribution in [0.5, 0.6) is 0 Å². The molecule has 3 aromatic rings. The van der Waals surface area contributed by atoms with Gasteiger partial charge in [0.25, 0.3) is 17.7 Å². The van der Waals surface area contributed by atoms with E-state index in [9.17, 15) is 19.2 Å². The van der Waals surface area contributed by atoms with E-state index in [0.29, 0.717) is 5.69 Å². The largest absolute Gasteiger partial charge is 0.465 e. The molecule has 0 unspecified atom stereocenters. The molecule has 0 saturated heterocycles. The lowest BCUT2D eigenvalue weighted by Gasteiger charge is -2.25. The molecule has 0 radical (unpaired) electrons. The third-order valence-corrected chi connectivity index (χ3v) is 6.31. The Morgan fingerprint density at radius 3 is 1.97 bits per heavy atom. The lowest BCUT2D eigenvalue weighted by atomic mass is 9.92. The van der Waals surface area contributed by atoms with Crippen LogP contribution in [-0.2, 0) is 4.74 Å². The van der Waals surface area contributed by atoms with Crippen molar-refractivity contribution in [3.8, 4) is 0 Å². The lowest BCUT2D eigenvalue weighted by molar-refractivity contribution is 0.0601. The zero-order chi connectivity index (χ0) is 26.1. The summed E-state index contributed by atoms with van der Waals surface area (Å²) < 4.78 is 4.80. The van der Waals surface area contributed by atoms with Crippen molar-refractivity contribution in [2.75, 3.05) is 17.3 Å². The Labute approximate surface area is 210 Å². The van der Waals surface area contributed by atoms with Crippen molar-refractivity contribution in [1.82, 2.24) is 0 Å². The molecule has 7 nitrogen and oxygen atoms in total. The van der Waals surface area contributed by atoms with Gasteiger partial charge in [-0.2, -0.15) is 0 Å². The van der Waals surface area contributed by atoms with E-state index in [4.69, 9.17) is 4.74 Å². The first-order valence-electron chi connectivity index (χ1n) is 11.8. The Hall–Kier alpha value is -4.26. The van der Waals surface area contributed by atoms with Gasteiger partial charge in [-0.15, -0.1) is 0 Å². The number of hydrogen-bond donors (Lipinski definition) is 1. The van der Waals surface area contributed by atoms with E-state index in [2.05, 4.69) is 5.32 Å². The fourth-order valence-electron chi connectivity index (χ4n) is 4.52. The first kappa shape index (κ1) is 24.9. The van der Waals surface area contributed by atoms with Gasteiger partial charge in [0.15, 0.2) is 0 Å². The number of carbonyl (C=O) groups is 4. The average molecular weight is 485 g/mol. The summed E-state index contributed by atoms with van der Waals surface area (Å²) in [5.41, 5.74) is 3.04. The average Bonchev–Trinajstić information content (AvgIpc) is 3.12. The second kappa shape index (κ2) is 9.77. The molecule has 1 aliphatic heterocycles. The van der Waals surface area contributed by atoms with Crippen molar-refractivity contribution in [1.29, 1.82) is 0 Å². The number of carbonyl (C=O) groups excluding carboxylic acids is 4. The first-order valence-corrected chi connectivity index (χ1v) is 11.8. The van der Waals surface area contributed by atoms with Crippen LogP contribution in [0.1, 0.15) is 92.1 Å². The number of imide groups is 1. The van der Waals surface area contributed by atoms with E-state index in [1.165, 1.54) is 24.1 Å². The van der Waals surface area contributed by atoms with Gasteiger partial charge in [-0.1, -0.05) is 64.1 Å². The minimum Gasteiger partial charge on any atom is -0.465 e. The SMILES string of the molecule is COC(=O)c1ccccc1NC(=O)c1cccc2c1C(=O)N(c1c(C(C)C)cccc1C(C)C)C2=O. The number of rotatable bonds is 6. The smallest absolute Gasteiger partial charge is 0.339 e. The molecule has 0 atom stereocenters. The molecular formula is C29H28N2O5. The van der Waals surface area contributed by atoms with E-state index in [1.54, 1.807) is 30.3 Å². The number of ether oxygens (including phenoxy) is 1. The summed E-state index contributed by atoms with van der Waals surface area (Å²) in [5, 5.41) is 2.70. The maximum atomic E-state index is 13.8. The molecule has 3 amide bonds. The Morgan fingerprint density at radius 2 is 1.36 bits per heavy atom. The standard InChI is InChI=1S/C29H28N2O5/c1-16(2)18-11-8-12-19(17(3)4)25(18)31-27(33)22-14-9-13-21(24(22)28(31)34)26(32)30-23-15-7-6-10-20(23)29(35)36-5/h6-17H,1-5H3,(H,30,32). The van der Waals surface area contributed by atoms with E-state index in [-0.39, 0.29) is 39.8 Å². The summed E-state index contributed by atoms with van der Waals surface area (Å²) in [5.74, 6) is -2.08. The van der Waals surface area contributed by atoms with Crippen molar-refractivity contribution < 1.29 is 23.9 Å². The van der Waals surface area contributed by atoms with Crippen molar-refractivity contribution >= 4 is 35.1 Å². The molecular weight excluding hydrogens is 456 g/mol. The number of anilines is 2. The minimum absolute atomic E-state index is 0.0452. The van der Waals surface area contributed by atoms with Gasteiger partial charge in [0.2, 0.25) is 0 Å². The second-order valence-electron chi connectivity index (χ2n) is 9.26. The lowest BCUT2D eigenvalue weighted by Crippen LogP contribution is -2.32. The highest BCUT2D eigenvalue weighted by Crippen LogP contribution is 2.40. The minimum atomic E-state index is -0.604. The van der Waals surface area contributed by atoms with Crippen molar-refractivity contribution in [2.45, 2.75) is 39.5 Å². The van der Waals surface area contributed by atoms with Crippen molar-refractivity contribution in [2.24, 2.45) is 0 Å². The Kier molecular flexibility index (Phi) is 6.75. The number of esters is 1. The fourth-order valence-corrected chi connectivity index (χ4v) is 4.52. The fraction of sp³-hybridized carbons (Fsp3) is 0.241. The van der Waals surface area contributed by atoms with Gasteiger partial charge in [0.05, 0.1) is 40.7 Å². The van der Waals surface area contributed by atoms with Crippen LogP contribution in [0.3, 0.4) is 0 Å². The van der Waals surface area contributed by atoms with Gasteiger partial charge in [-0.3, -0.25) is 14.4 Å². The number of fused-ring (bicyclic) bond motifs is 1. The number of benzene rings is 3. The molecule has 1 heterocycles. The predicted molar refractivity (Wildman–Crippen MR) is 138 cm³/mol. The molecule has 36 heavy (non-hydrogen) atoms. The van der Waals surface area contributed by atoms with Gasteiger partial charge in [0, 0.05) is 0 Å². The Balaban J connectivity index is 1.79. The summed E-state index contributed by atoms with van der Waals surface area (Å²) in [6.45, 7) is 8.05. The van der Waals surface area contributed by atoms with Gasteiger partial charge < -0.3 is 10.1 Å². The monoisotopic (exact) mass is 484 g/mol. The molecule has 184 valence electrons. The quantitative estimate of drug-likeness (QED) is 0.354. The van der Waals surface area contributed by atoms with E-state index in [1.807, 2.05) is 45.9 Å². The van der Waals surface area contributed by atoms with Gasteiger partial charge >= 0.3 is 5.97 Å². The van der Waals surface area contributed by atoms with E-state index in [0.717, 1.165) is 11.1 Å². The molecule has 0 spiro atoms. The third kappa shape index (κ3) is 4.17. The van der Waals surface area contributed by atoms with Crippen LogP contribution in [0.2, 0.25) is 0 Å². The Bertz CT molecular complexity index is 1360. The molecule has 0 fully saturated rings. The van der Waals surface area contributed by atoms with Crippen molar-refractivity contribution in [3.05, 3.63) is 94.0 Å². The molecule has 0 saturated carbocycles. The van der Waals surface area contributed by atoms with Gasteiger partial charge in [-0.05, 0) is 47.2 Å². The number of hydrogen-bond acceptors (Lipinski definition) is 5. The zero-order valence-electron chi connectivity index (χ0n) is 20.9. The maximum Gasteiger partial charge on any atom is 0.339 e. The highest BCUT2D eigenvalue weighted by atomic mass is 16.5. The van der Waals surface area contributed by atoms with E-state index < -0.39 is 23.7 Å². The number of para-hydroxylation sites is 2. The zero-order valence-corrected chi connectivity index (χ0v) is 20.9. The van der Waals surface area contributed by atoms with Crippen LogP contribution < -0.4 is 10.2 Å². The first-order chi connectivity index (χ1) is 17.2. The second-order valence-corrected chi connectivity index (χ2v) is 9.26. The number of nitrogens with one attached hydrogen (secondary N) is 1. The van der Waals surface area contributed by atoms with Crippen LogP contribution in [0.25, 0.3) is 0 Å². The van der Waals surface area contributed by atoms with Crippen LogP contribution in [0, 0.1) is 0 Å². The third-order valence-electron chi connectivity index (χ3n) is 6.31. The maximum absolute atomic E-state index is 13.8. The number of nitrogens with zero attached hydrogens (tertiary/aromatic N) is 1. The molecule has 3 aromatic carbocycles. The van der Waals surface area contributed by atoms with Crippen LogP contribution in [0.4, 0.5) is 11.4 Å². The summed E-state index contributed by atoms with van der Waals surface area (Å²) in [7, 11) is 1.25. The summed E-state index contributed by atoms with van der Waals surface area (Å²) in [4.78, 5) is 54.1. The molecule has 4 rings (SSSR count). The molecule has 1 N–H and O–H groups in total. The Morgan fingerprint density at radius 1 is 0.778 bits per heavy atom. The molecule has 1 aliphatic rings. The predicted octanol–water partition coefficient (Wildman–Crippen LogP) is 5.77. The van der Waals surface area contributed by atoms with Crippen LogP contribution in [-0.4, -0.2) is 30.8 Å². The summed E-state index contributed by atoms with van der Waals surface area (Å²) in [6, 6.07) is 16.8. The normalized spacial score (nSPS) is 12.8. The molecule has 0 bridgehead atoms. The highest BCUT2D eigenvalue weighted by Gasteiger charge is 2.41. The van der Waals surface area contributed by atoms with Crippen molar-refractivity contribution in [3.63, 3.8) is 0 Å². The molecule has 0 aromatic heterocycles. The molecule has 7 heteroatoms. The van der Waals surface area contributed by atoms with Crippen LogP contribution >= 0.6 is 0 Å². The molecule has 0 aliphatic carbocycles. The number of methoxy groups -OCH3 is 1. The topological polar surface area (TPSA) is 92.8 Å². The van der Waals surface area contributed by atoms with Crippen LogP contribution in [0.15, 0.2) is 60.7 Å². The van der Waals surface area contributed by atoms with Gasteiger partial charge in [0.1, 0.15) is 0 Å². The summed E-state index contributed by atoms with van der Waals surface area (Å²) in [6.07, 6.45) is 0. The summed E-state index contributed by atoms with van der Waals surface area (Å²) >= 11 is 0. The van der Waals surface area contributed by atoms with E-state index >= 15 is 0 Å². The van der Waals surface area contributed by atoms with Gasteiger partial charge in [-0.25, -0.2) is 9.69 Å². The highest BCUT2D eigenvalue weighted by molar-refractivity contribution is 6.37. The number of amides is 3.